The van der Waals surface area contributed by atoms with Gasteiger partial charge in [0.2, 0.25) is 0 Å². The Kier molecular flexibility index (Phi) is 5.95. The molecule has 86 valence electrons. The van der Waals surface area contributed by atoms with Gasteiger partial charge in [0, 0.05) is 18.0 Å². The molecule has 0 aromatic heterocycles. The Morgan fingerprint density at radius 2 is 2.06 bits per heavy atom. The van der Waals surface area contributed by atoms with Crippen LogP contribution in [0.4, 0.5) is 0 Å². The van der Waals surface area contributed by atoms with Crippen molar-refractivity contribution >= 4 is 11.6 Å². The standard InChI is InChI=1S/C13H16ClNO/c1-2-3-4-9-15-10-13(16)11-5-7-12(14)8-6-11/h1,5-8,13,15-16H,3-4,9-10H2. The van der Waals surface area contributed by atoms with Gasteiger partial charge in [0.25, 0.3) is 0 Å². The molecule has 16 heavy (non-hydrogen) atoms. The molecule has 0 heterocycles. The lowest BCUT2D eigenvalue weighted by atomic mass is 10.1. The van der Waals surface area contributed by atoms with E-state index in [0.717, 1.165) is 24.9 Å². The molecule has 0 saturated carbocycles. The van der Waals surface area contributed by atoms with Crippen molar-refractivity contribution in [3.05, 3.63) is 34.9 Å². The number of nitrogens with one attached hydrogen (secondary N) is 1. The molecule has 0 radical (unpaired) electrons. The fourth-order valence-corrected chi connectivity index (χ4v) is 1.48. The van der Waals surface area contributed by atoms with Gasteiger partial charge < -0.3 is 10.4 Å². The quantitative estimate of drug-likeness (QED) is 0.588. The van der Waals surface area contributed by atoms with Gasteiger partial charge in [0.1, 0.15) is 0 Å². The molecule has 2 nitrogen and oxygen atoms in total. The van der Waals surface area contributed by atoms with E-state index >= 15 is 0 Å². The third-order valence-corrected chi connectivity index (χ3v) is 2.52. The third kappa shape index (κ3) is 4.67. The van der Waals surface area contributed by atoms with Crippen LogP contribution in [0.3, 0.4) is 0 Å². The Labute approximate surface area is 102 Å². The summed E-state index contributed by atoms with van der Waals surface area (Å²) in [5.41, 5.74) is 0.869. The number of terminal acetylenes is 1. The van der Waals surface area contributed by atoms with Crippen molar-refractivity contribution in [3.8, 4) is 12.3 Å². The largest absolute Gasteiger partial charge is 0.387 e. The van der Waals surface area contributed by atoms with Crippen LogP contribution in [0.15, 0.2) is 24.3 Å². The Morgan fingerprint density at radius 1 is 1.38 bits per heavy atom. The van der Waals surface area contributed by atoms with E-state index in [1.807, 2.05) is 12.1 Å². The van der Waals surface area contributed by atoms with Gasteiger partial charge in [-0.15, -0.1) is 12.3 Å². The van der Waals surface area contributed by atoms with Gasteiger partial charge in [-0.3, -0.25) is 0 Å². The molecule has 1 atom stereocenters. The summed E-state index contributed by atoms with van der Waals surface area (Å²) in [6.45, 7) is 1.36. The Hall–Kier alpha value is -1.01. The summed E-state index contributed by atoms with van der Waals surface area (Å²) in [6, 6.07) is 7.21. The van der Waals surface area contributed by atoms with E-state index in [2.05, 4.69) is 11.2 Å². The van der Waals surface area contributed by atoms with Crippen molar-refractivity contribution in [2.24, 2.45) is 0 Å². The van der Waals surface area contributed by atoms with Gasteiger partial charge in [0.15, 0.2) is 0 Å². The molecule has 2 N–H and O–H groups in total. The lowest BCUT2D eigenvalue weighted by Gasteiger charge is -2.11. The Morgan fingerprint density at radius 3 is 2.69 bits per heavy atom. The van der Waals surface area contributed by atoms with Crippen molar-refractivity contribution < 1.29 is 5.11 Å². The van der Waals surface area contributed by atoms with Crippen LogP contribution >= 0.6 is 11.6 Å². The molecule has 1 aromatic rings. The fraction of sp³-hybridized carbons (Fsp3) is 0.385. The number of aliphatic hydroxyl groups excluding tert-OH is 1. The zero-order valence-electron chi connectivity index (χ0n) is 9.12. The van der Waals surface area contributed by atoms with Gasteiger partial charge in [-0.1, -0.05) is 23.7 Å². The van der Waals surface area contributed by atoms with Crippen molar-refractivity contribution in [1.29, 1.82) is 0 Å². The van der Waals surface area contributed by atoms with E-state index in [1.54, 1.807) is 12.1 Å². The number of unbranched alkanes of at least 4 members (excludes halogenated alkanes) is 1. The Bertz CT molecular complexity index is 342. The lowest BCUT2D eigenvalue weighted by Crippen LogP contribution is -2.22. The van der Waals surface area contributed by atoms with Crippen LogP contribution in [0.1, 0.15) is 24.5 Å². The van der Waals surface area contributed by atoms with Gasteiger partial charge in [-0.2, -0.15) is 0 Å². The highest BCUT2D eigenvalue weighted by molar-refractivity contribution is 6.30. The zero-order chi connectivity index (χ0) is 11.8. The second-order valence-electron chi connectivity index (χ2n) is 3.58. The number of hydrogen-bond donors (Lipinski definition) is 2. The summed E-state index contributed by atoms with van der Waals surface area (Å²) < 4.78 is 0. The lowest BCUT2D eigenvalue weighted by molar-refractivity contribution is 0.175. The monoisotopic (exact) mass is 237 g/mol. The normalized spacial score (nSPS) is 12.1. The molecular formula is C13H16ClNO. The molecule has 0 spiro atoms. The number of aliphatic hydroxyl groups is 1. The van der Waals surface area contributed by atoms with Crippen LogP contribution < -0.4 is 5.32 Å². The van der Waals surface area contributed by atoms with Gasteiger partial charge in [-0.05, 0) is 30.7 Å². The summed E-state index contributed by atoms with van der Waals surface area (Å²) in [5, 5.41) is 13.7. The topological polar surface area (TPSA) is 32.3 Å². The van der Waals surface area contributed by atoms with E-state index in [4.69, 9.17) is 18.0 Å². The molecule has 1 aromatic carbocycles. The van der Waals surface area contributed by atoms with Crippen LogP contribution in [-0.2, 0) is 0 Å². The van der Waals surface area contributed by atoms with Crippen molar-refractivity contribution in [3.63, 3.8) is 0 Å². The summed E-state index contributed by atoms with van der Waals surface area (Å²) in [4.78, 5) is 0. The zero-order valence-corrected chi connectivity index (χ0v) is 9.87. The second-order valence-corrected chi connectivity index (χ2v) is 4.02. The molecule has 0 aliphatic carbocycles. The average Bonchev–Trinajstić information content (AvgIpc) is 2.29. The molecule has 3 heteroatoms. The van der Waals surface area contributed by atoms with Crippen LogP contribution in [0.5, 0.6) is 0 Å². The van der Waals surface area contributed by atoms with E-state index in [9.17, 15) is 5.11 Å². The smallest absolute Gasteiger partial charge is 0.0914 e. The highest BCUT2D eigenvalue weighted by Gasteiger charge is 2.05. The maximum Gasteiger partial charge on any atom is 0.0914 e. The average molecular weight is 238 g/mol. The summed E-state index contributed by atoms with van der Waals surface area (Å²) in [5.74, 6) is 2.58. The molecule has 0 bridgehead atoms. The number of rotatable bonds is 6. The molecule has 0 fully saturated rings. The van der Waals surface area contributed by atoms with E-state index in [0.29, 0.717) is 11.6 Å². The maximum atomic E-state index is 9.82. The number of benzene rings is 1. The summed E-state index contributed by atoms with van der Waals surface area (Å²) >= 11 is 5.76. The first-order chi connectivity index (χ1) is 7.74. The minimum Gasteiger partial charge on any atom is -0.387 e. The van der Waals surface area contributed by atoms with Crippen LogP contribution in [0.25, 0.3) is 0 Å². The maximum absolute atomic E-state index is 9.82. The van der Waals surface area contributed by atoms with Crippen molar-refractivity contribution in [2.45, 2.75) is 18.9 Å². The molecular weight excluding hydrogens is 222 g/mol. The Balaban J connectivity index is 2.27. The van der Waals surface area contributed by atoms with Gasteiger partial charge >= 0.3 is 0 Å². The van der Waals surface area contributed by atoms with Crippen molar-refractivity contribution in [1.82, 2.24) is 5.32 Å². The van der Waals surface area contributed by atoms with E-state index < -0.39 is 6.10 Å². The summed E-state index contributed by atoms with van der Waals surface area (Å²) in [6.07, 6.45) is 6.34. The predicted octanol–water partition coefficient (Wildman–Crippen LogP) is 2.38. The molecule has 0 saturated heterocycles. The van der Waals surface area contributed by atoms with Crippen LogP contribution in [0.2, 0.25) is 5.02 Å². The van der Waals surface area contributed by atoms with Gasteiger partial charge in [0.05, 0.1) is 6.10 Å². The first-order valence-electron chi connectivity index (χ1n) is 5.31. The molecule has 0 aliphatic rings. The molecule has 1 rings (SSSR count). The number of halogens is 1. The second kappa shape index (κ2) is 7.29. The molecule has 0 aliphatic heterocycles. The van der Waals surface area contributed by atoms with Crippen molar-refractivity contribution in [2.75, 3.05) is 13.1 Å². The predicted molar refractivity (Wildman–Crippen MR) is 67.3 cm³/mol. The first kappa shape index (κ1) is 13.1. The van der Waals surface area contributed by atoms with E-state index in [1.165, 1.54) is 0 Å². The highest BCUT2D eigenvalue weighted by atomic mass is 35.5. The third-order valence-electron chi connectivity index (χ3n) is 2.27. The fourth-order valence-electron chi connectivity index (χ4n) is 1.36. The summed E-state index contributed by atoms with van der Waals surface area (Å²) in [7, 11) is 0. The highest BCUT2D eigenvalue weighted by Crippen LogP contribution is 2.15. The van der Waals surface area contributed by atoms with E-state index in [-0.39, 0.29) is 0 Å². The number of hydrogen-bond acceptors (Lipinski definition) is 2. The van der Waals surface area contributed by atoms with Gasteiger partial charge in [-0.25, -0.2) is 0 Å². The molecule has 0 amide bonds. The first-order valence-corrected chi connectivity index (χ1v) is 5.69. The molecule has 1 unspecified atom stereocenters. The minimum atomic E-state index is -0.497. The van der Waals surface area contributed by atoms with Crippen LogP contribution in [-0.4, -0.2) is 18.2 Å². The van der Waals surface area contributed by atoms with Crippen LogP contribution in [0, 0.1) is 12.3 Å². The minimum absolute atomic E-state index is 0.497. The SMILES string of the molecule is C#CCCCNCC(O)c1ccc(Cl)cc1.